The number of hydrogen-bond acceptors (Lipinski definition) is 3. The van der Waals surface area contributed by atoms with E-state index in [4.69, 9.17) is 0 Å². The summed E-state index contributed by atoms with van der Waals surface area (Å²) in [7, 11) is 0. The van der Waals surface area contributed by atoms with Gasteiger partial charge in [-0.25, -0.2) is 4.90 Å². The van der Waals surface area contributed by atoms with Gasteiger partial charge in [0, 0.05) is 18.4 Å². The summed E-state index contributed by atoms with van der Waals surface area (Å²) in [4.78, 5) is 43.8. The van der Waals surface area contributed by atoms with Gasteiger partial charge < -0.3 is 10.2 Å². The Labute approximate surface area is 181 Å². The number of benzene rings is 2. The average Bonchev–Trinajstić information content (AvgIpc) is 3.43. The van der Waals surface area contributed by atoms with E-state index in [2.05, 4.69) is 5.32 Å². The summed E-state index contributed by atoms with van der Waals surface area (Å²) in [5.74, 6) is -1.63. The molecule has 0 aliphatic carbocycles. The van der Waals surface area contributed by atoms with Gasteiger partial charge in [-0.2, -0.15) is 0 Å². The van der Waals surface area contributed by atoms with Crippen LogP contribution in [0, 0.1) is 32.6 Å². The quantitative estimate of drug-likeness (QED) is 0.695. The van der Waals surface area contributed by atoms with Crippen LogP contribution in [0.3, 0.4) is 0 Å². The van der Waals surface area contributed by atoms with Crippen molar-refractivity contribution >= 4 is 29.1 Å². The maximum Gasteiger partial charge on any atom is 0.291 e. The van der Waals surface area contributed by atoms with E-state index in [0.29, 0.717) is 5.69 Å². The molecule has 3 saturated heterocycles. The molecule has 2 aromatic rings. The molecule has 0 bridgehead atoms. The number of rotatable bonds is 1. The number of carbonyl (C=O) groups excluding carboxylic acids is 3. The van der Waals surface area contributed by atoms with Gasteiger partial charge in [-0.15, -0.1) is 0 Å². The van der Waals surface area contributed by atoms with Crippen LogP contribution in [-0.2, 0) is 19.9 Å². The second kappa shape index (κ2) is 6.04. The highest BCUT2D eigenvalue weighted by Crippen LogP contribution is 2.52. The van der Waals surface area contributed by atoms with E-state index < -0.39 is 17.4 Å². The number of amides is 3. The van der Waals surface area contributed by atoms with Crippen LogP contribution in [0.1, 0.15) is 35.1 Å². The van der Waals surface area contributed by atoms with E-state index in [1.807, 2.05) is 57.2 Å². The molecule has 3 amide bonds. The molecule has 4 heterocycles. The molecule has 158 valence electrons. The van der Waals surface area contributed by atoms with Crippen LogP contribution < -0.4 is 15.1 Å². The van der Waals surface area contributed by atoms with Crippen molar-refractivity contribution in [3.05, 3.63) is 58.7 Å². The first-order valence-electron chi connectivity index (χ1n) is 11.1. The van der Waals surface area contributed by atoms with Crippen molar-refractivity contribution in [1.82, 2.24) is 0 Å². The molecule has 1 spiro atoms. The summed E-state index contributed by atoms with van der Waals surface area (Å²) in [6, 6.07) is 11.6. The Balaban J connectivity index is 1.56. The molecule has 2 aromatic carbocycles. The third-order valence-corrected chi connectivity index (χ3v) is 8.12. The van der Waals surface area contributed by atoms with Crippen molar-refractivity contribution in [3.8, 4) is 0 Å². The van der Waals surface area contributed by atoms with E-state index in [9.17, 15) is 14.4 Å². The number of carbonyl (C=O) groups is 3. The number of hydrogen-bond donors (Lipinski definition) is 2. The highest BCUT2D eigenvalue weighted by Gasteiger charge is 2.78. The van der Waals surface area contributed by atoms with Crippen molar-refractivity contribution in [1.29, 1.82) is 0 Å². The molecule has 3 fully saturated rings. The molecule has 4 aliphatic heterocycles. The first kappa shape index (κ1) is 18.8. The van der Waals surface area contributed by atoms with E-state index in [1.165, 1.54) is 4.90 Å². The summed E-state index contributed by atoms with van der Waals surface area (Å²) < 4.78 is 0. The van der Waals surface area contributed by atoms with Crippen LogP contribution in [-0.4, -0.2) is 30.3 Å². The van der Waals surface area contributed by atoms with Crippen molar-refractivity contribution in [3.63, 3.8) is 0 Å². The molecule has 4 aliphatic rings. The molecule has 2 N–H and O–H groups in total. The minimum absolute atomic E-state index is 0.00444. The number of aryl methyl sites for hydroxylation is 3. The lowest BCUT2D eigenvalue weighted by molar-refractivity contribution is -0.948. The minimum atomic E-state index is -1.02. The van der Waals surface area contributed by atoms with E-state index in [0.717, 1.165) is 52.2 Å². The van der Waals surface area contributed by atoms with Gasteiger partial charge in [0.2, 0.25) is 17.4 Å². The predicted octanol–water partition coefficient (Wildman–Crippen LogP) is 1.63. The van der Waals surface area contributed by atoms with Crippen LogP contribution in [0.2, 0.25) is 0 Å². The van der Waals surface area contributed by atoms with Gasteiger partial charge in [0.1, 0.15) is 17.9 Å². The lowest BCUT2D eigenvalue weighted by atomic mass is 9.75. The molecule has 5 atom stereocenters. The molecule has 6 rings (SSSR count). The molecule has 0 radical (unpaired) electrons. The van der Waals surface area contributed by atoms with Crippen LogP contribution in [0.15, 0.2) is 36.4 Å². The largest absolute Gasteiger partial charge is 0.320 e. The van der Waals surface area contributed by atoms with Crippen LogP contribution in [0.25, 0.3) is 0 Å². The van der Waals surface area contributed by atoms with Crippen molar-refractivity contribution < 1.29 is 19.3 Å². The smallest absolute Gasteiger partial charge is 0.291 e. The second-order valence-corrected chi connectivity index (χ2v) is 9.62. The van der Waals surface area contributed by atoms with Gasteiger partial charge in [-0.05, 0) is 56.2 Å². The second-order valence-electron chi connectivity index (χ2n) is 9.62. The van der Waals surface area contributed by atoms with E-state index in [-0.39, 0.29) is 23.8 Å². The van der Waals surface area contributed by atoms with Gasteiger partial charge >= 0.3 is 0 Å². The summed E-state index contributed by atoms with van der Waals surface area (Å²) in [6.07, 6.45) is 1.83. The van der Waals surface area contributed by atoms with Crippen LogP contribution in [0.4, 0.5) is 11.4 Å². The van der Waals surface area contributed by atoms with Crippen LogP contribution >= 0.6 is 0 Å². The fourth-order valence-corrected chi connectivity index (χ4v) is 6.69. The number of imide groups is 1. The monoisotopic (exact) mass is 416 g/mol. The topological polar surface area (TPSA) is 70.9 Å². The third-order valence-electron chi connectivity index (χ3n) is 8.12. The molecule has 1 unspecified atom stereocenters. The fourth-order valence-electron chi connectivity index (χ4n) is 6.69. The number of nitrogens with zero attached hydrogens (tertiary/aromatic N) is 1. The Kier molecular flexibility index (Phi) is 3.65. The Bertz CT molecular complexity index is 1190. The Morgan fingerprint density at radius 3 is 2.58 bits per heavy atom. The van der Waals surface area contributed by atoms with Crippen molar-refractivity contribution in [2.24, 2.45) is 11.8 Å². The normalized spacial score (nSPS) is 33.1. The number of fused-ring (bicyclic) bond motifs is 7. The molecule has 6 nitrogen and oxygen atoms in total. The first-order valence-corrected chi connectivity index (χ1v) is 11.1. The molecule has 6 heteroatoms. The van der Waals surface area contributed by atoms with Crippen molar-refractivity contribution in [2.75, 3.05) is 16.8 Å². The van der Waals surface area contributed by atoms with Gasteiger partial charge in [0.15, 0.2) is 0 Å². The van der Waals surface area contributed by atoms with Crippen molar-refractivity contribution in [2.45, 2.75) is 45.2 Å². The maximum absolute atomic E-state index is 13.9. The maximum atomic E-state index is 13.9. The average molecular weight is 417 g/mol. The lowest BCUT2D eigenvalue weighted by Gasteiger charge is -2.33. The van der Waals surface area contributed by atoms with E-state index in [1.54, 1.807) is 0 Å². The number of nitrogens with one attached hydrogen (secondary N) is 2. The van der Waals surface area contributed by atoms with Gasteiger partial charge in [0.25, 0.3) is 5.91 Å². The van der Waals surface area contributed by atoms with E-state index >= 15 is 0 Å². The standard InChI is InChI=1S/C25H25N3O3/c1-13-6-9-18-17(11-13)25(24(31)26-18)21-20(19-5-4-10-27(19)25)22(29)28(23(21)30)16-8-7-14(2)15(3)12-16/h6-9,11-12,19-21H,4-5,10H2,1-3H3,(H,26,31)/p+1/t19-,20+,21-,25+/m0/s1. The third kappa shape index (κ3) is 2.13. The number of anilines is 2. The zero-order valence-electron chi connectivity index (χ0n) is 18.0. The first-order chi connectivity index (χ1) is 14.9. The number of quaternary nitrogens is 1. The van der Waals surface area contributed by atoms with Gasteiger partial charge in [-0.1, -0.05) is 17.7 Å². The predicted molar refractivity (Wildman–Crippen MR) is 116 cm³/mol. The highest BCUT2D eigenvalue weighted by atomic mass is 16.2. The SMILES string of the molecule is Cc1ccc2c(c1)[C@]1(C(=O)N2)[C@@H]2C(=O)N(c3ccc(C)c(C)c3)C(=O)[C@@H]2[C@@H]2CCC[NH+]21. The summed E-state index contributed by atoms with van der Waals surface area (Å²) in [5, 5.41) is 3.05. The Hall–Kier alpha value is -2.99. The fraction of sp³-hybridized carbons (Fsp3) is 0.400. The molecule has 31 heavy (non-hydrogen) atoms. The molecular formula is C25H26N3O3+. The molecule has 0 saturated carbocycles. The van der Waals surface area contributed by atoms with Gasteiger partial charge in [0.05, 0.1) is 17.9 Å². The summed E-state index contributed by atoms with van der Waals surface area (Å²) in [5.41, 5.74) is 4.47. The zero-order valence-corrected chi connectivity index (χ0v) is 18.0. The zero-order chi connectivity index (χ0) is 21.7. The highest BCUT2D eigenvalue weighted by molar-refractivity contribution is 6.25. The van der Waals surface area contributed by atoms with Crippen LogP contribution in [0.5, 0.6) is 0 Å². The Morgan fingerprint density at radius 1 is 1.00 bits per heavy atom. The molecule has 0 aromatic heterocycles. The lowest BCUT2D eigenvalue weighted by Crippen LogP contribution is -3.19. The summed E-state index contributed by atoms with van der Waals surface area (Å²) >= 11 is 0. The molecular weight excluding hydrogens is 390 g/mol. The van der Waals surface area contributed by atoms with Gasteiger partial charge in [-0.3, -0.25) is 14.4 Å². The summed E-state index contributed by atoms with van der Waals surface area (Å²) in [6.45, 7) is 6.81. The minimum Gasteiger partial charge on any atom is -0.320 e. The Morgan fingerprint density at radius 2 is 1.81 bits per heavy atom.